The van der Waals surface area contributed by atoms with Crippen LogP contribution in [0.4, 0.5) is 17.1 Å². The van der Waals surface area contributed by atoms with Crippen molar-refractivity contribution < 1.29 is 4.42 Å². The third-order valence-electron chi connectivity index (χ3n) is 11.5. The molecule has 12 aromatic rings. The highest BCUT2D eigenvalue weighted by molar-refractivity contribution is 7.26. The van der Waals surface area contributed by atoms with Crippen molar-refractivity contribution in [1.29, 1.82) is 0 Å². The van der Waals surface area contributed by atoms with Crippen LogP contribution in [0.1, 0.15) is 0 Å². The van der Waals surface area contributed by atoms with Gasteiger partial charge in [0.15, 0.2) is 0 Å². The number of anilines is 3. The normalized spacial score (nSPS) is 11.8. The Hall–Kier alpha value is -6.98. The van der Waals surface area contributed by atoms with E-state index in [-0.39, 0.29) is 0 Å². The zero-order valence-electron chi connectivity index (χ0n) is 31.2. The molecule has 272 valence electrons. The minimum atomic E-state index is 0.870. The van der Waals surface area contributed by atoms with E-state index in [2.05, 4.69) is 199 Å². The second-order valence-electron chi connectivity index (χ2n) is 14.8. The first-order valence-corrected chi connectivity index (χ1v) is 21.2. The van der Waals surface area contributed by atoms with Gasteiger partial charge in [-0.25, -0.2) is 0 Å². The van der Waals surface area contributed by atoms with Gasteiger partial charge in [0.25, 0.3) is 0 Å². The van der Waals surface area contributed by atoms with E-state index in [0.29, 0.717) is 0 Å². The lowest BCUT2D eigenvalue weighted by molar-refractivity contribution is 0.669. The third kappa shape index (κ3) is 5.30. The van der Waals surface area contributed by atoms with Gasteiger partial charge in [0, 0.05) is 62.9 Å². The Morgan fingerprint density at radius 2 is 0.966 bits per heavy atom. The molecule has 0 aliphatic carbocycles. The van der Waals surface area contributed by atoms with Gasteiger partial charge < -0.3 is 9.32 Å². The Morgan fingerprint density at radius 3 is 1.76 bits per heavy atom. The number of furan rings is 1. The molecule has 0 radical (unpaired) electrons. The summed E-state index contributed by atoms with van der Waals surface area (Å²) in [5, 5.41) is 7.22. The molecule has 0 aliphatic rings. The van der Waals surface area contributed by atoms with Gasteiger partial charge in [0.2, 0.25) is 0 Å². The van der Waals surface area contributed by atoms with Crippen LogP contribution in [0.2, 0.25) is 0 Å². The molecule has 3 heterocycles. The van der Waals surface area contributed by atoms with E-state index in [1.807, 2.05) is 28.7 Å². The smallest absolute Gasteiger partial charge is 0.137 e. The van der Waals surface area contributed by atoms with Crippen LogP contribution < -0.4 is 4.90 Å². The molecule has 58 heavy (non-hydrogen) atoms. The van der Waals surface area contributed by atoms with E-state index in [4.69, 9.17) is 4.42 Å². The fourth-order valence-electron chi connectivity index (χ4n) is 8.77. The van der Waals surface area contributed by atoms with Crippen LogP contribution in [0, 0.1) is 0 Å². The van der Waals surface area contributed by atoms with Crippen LogP contribution in [-0.2, 0) is 0 Å². The number of thiophene rings is 2. The summed E-state index contributed by atoms with van der Waals surface area (Å²) in [6, 6.07) is 72.7. The summed E-state index contributed by atoms with van der Waals surface area (Å²) in [6.07, 6.45) is 0. The van der Waals surface area contributed by atoms with Crippen molar-refractivity contribution in [3.63, 3.8) is 0 Å². The molecule has 0 amide bonds. The van der Waals surface area contributed by atoms with Gasteiger partial charge in [-0.3, -0.25) is 0 Å². The molecule has 9 aromatic carbocycles. The van der Waals surface area contributed by atoms with Crippen molar-refractivity contribution in [2.24, 2.45) is 0 Å². The first-order valence-electron chi connectivity index (χ1n) is 19.6. The molecule has 0 aliphatic heterocycles. The molecule has 3 aromatic heterocycles. The highest BCUT2D eigenvalue weighted by Crippen LogP contribution is 2.52. The summed E-state index contributed by atoms with van der Waals surface area (Å²) in [6.45, 7) is 0. The van der Waals surface area contributed by atoms with Crippen LogP contribution in [0.25, 0.3) is 95.7 Å². The Bertz CT molecular complexity index is 3510. The van der Waals surface area contributed by atoms with Crippen molar-refractivity contribution >= 4 is 102 Å². The molecule has 0 fully saturated rings. The van der Waals surface area contributed by atoms with Gasteiger partial charge in [0.1, 0.15) is 11.2 Å². The minimum absolute atomic E-state index is 0.870. The number of benzene rings is 9. The maximum absolute atomic E-state index is 6.60. The Balaban J connectivity index is 1.21. The molecule has 12 rings (SSSR count). The predicted octanol–water partition coefficient (Wildman–Crippen LogP) is 16.8. The molecule has 0 N–H and O–H groups in total. The number of hydrogen-bond donors (Lipinski definition) is 0. The van der Waals surface area contributed by atoms with Gasteiger partial charge in [0.05, 0.1) is 11.4 Å². The van der Waals surface area contributed by atoms with Crippen LogP contribution in [0.3, 0.4) is 0 Å². The predicted molar refractivity (Wildman–Crippen MR) is 250 cm³/mol. The summed E-state index contributed by atoms with van der Waals surface area (Å²) in [5.41, 5.74) is 12.3. The van der Waals surface area contributed by atoms with E-state index in [0.717, 1.165) is 39.0 Å². The lowest BCUT2D eigenvalue weighted by Gasteiger charge is -2.28. The summed E-state index contributed by atoms with van der Waals surface area (Å²) >= 11 is 3.75. The first-order chi connectivity index (χ1) is 28.7. The van der Waals surface area contributed by atoms with Gasteiger partial charge in [-0.15, -0.1) is 22.7 Å². The minimum Gasteiger partial charge on any atom is -0.456 e. The molecule has 2 nitrogen and oxygen atoms in total. The van der Waals surface area contributed by atoms with Crippen molar-refractivity contribution in [2.75, 3.05) is 4.90 Å². The number of nitrogens with zero attached hydrogens (tertiary/aromatic N) is 1. The number of hydrogen-bond acceptors (Lipinski definition) is 4. The monoisotopic (exact) mass is 775 g/mol. The fraction of sp³-hybridized carbons (Fsp3) is 0. The average molecular weight is 776 g/mol. The molecule has 0 saturated heterocycles. The molecule has 0 bridgehead atoms. The largest absolute Gasteiger partial charge is 0.456 e. The van der Waals surface area contributed by atoms with E-state index >= 15 is 0 Å². The lowest BCUT2D eigenvalue weighted by atomic mass is 9.97. The van der Waals surface area contributed by atoms with Crippen LogP contribution in [-0.4, -0.2) is 0 Å². The molecule has 0 unspecified atom stereocenters. The first kappa shape index (κ1) is 33.2. The Morgan fingerprint density at radius 1 is 0.345 bits per heavy atom. The second kappa shape index (κ2) is 13.3. The summed E-state index contributed by atoms with van der Waals surface area (Å²) in [5.74, 6) is 0. The summed E-state index contributed by atoms with van der Waals surface area (Å²) < 4.78 is 11.7. The number of para-hydroxylation sites is 1. The van der Waals surface area contributed by atoms with E-state index in [1.165, 1.54) is 73.7 Å². The average Bonchev–Trinajstić information content (AvgIpc) is 3.98. The van der Waals surface area contributed by atoms with Gasteiger partial charge in [-0.2, -0.15) is 0 Å². The van der Waals surface area contributed by atoms with Crippen LogP contribution in [0.5, 0.6) is 0 Å². The molecular weight excluding hydrogens is 743 g/mol. The van der Waals surface area contributed by atoms with Crippen LogP contribution >= 0.6 is 22.7 Å². The van der Waals surface area contributed by atoms with E-state index in [9.17, 15) is 0 Å². The van der Waals surface area contributed by atoms with E-state index in [1.54, 1.807) is 0 Å². The van der Waals surface area contributed by atoms with E-state index < -0.39 is 0 Å². The van der Waals surface area contributed by atoms with Crippen molar-refractivity contribution in [3.8, 4) is 33.4 Å². The summed E-state index contributed by atoms with van der Waals surface area (Å²) in [4.78, 5) is 2.51. The highest BCUT2D eigenvalue weighted by Gasteiger charge is 2.25. The number of rotatable bonds is 6. The lowest BCUT2D eigenvalue weighted by Crippen LogP contribution is -2.11. The molecule has 0 saturated carbocycles. The third-order valence-corrected chi connectivity index (χ3v) is 13.8. The molecule has 4 heteroatoms. The summed E-state index contributed by atoms with van der Waals surface area (Å²) in [7, 11) is 0. The molecule has 0 spiro atoms. The molecular formula is C54H33NOS2. The Labute approximate surface area is 343 Å². The standard InChI is InChI=1S/C54H33NOS2/c1-4-14-34(15-5-1)37-24-26-44-50(31-37)57-51-32-38(35-16-6-2-7-17-35)30-46(52(44)51)55(39-25-27-42-41-20-10-12-22-47(41)56-48(42)33-39)45-29-28-40(36-18-8-3-9-19-36)54-53(45)43-21-11-13-23-49(43)58-54/h1-33H. The fourth-order valence-corrected chi connectivity index (χ4v) is 11.2. The number of fused-ring (bicyclic) bond motifs is 9. The van der Waals surface area contributed by atoms with Gasteiger partial charge >= 0.3 is 0 Å². The van der Waals surface area contributed by atoms with Crippen molar-refractivity contribution in [1.82, 2.24) is 0 Å². The van der Waals surface area contributed by atoms with Crippen LogP contribution in [0.15, 0.2) is 205 Å². The zero-order valence-corrected chi connectivity index (χ0v) is 32.9. The second-order valence-corrected chi connectivity index (χ2v) is 17.0. The SMILES string of the molecule is c1ccc(-c2ccc3c(c2)sc2cc(-c4ccccc4)cc(N(c4ccc5c(c4)oc4ccccc45)c4ccc(-c5ccccc5)c5sc6ccccc6c45)c23)cc1. The quantitative estimate of drug-likeness (QED) is 0.167. The Kier molecular flexibility index (Phi) is 7.62. The van der Waals surface area contributed by atoms with Gasteiger partial charge in [-0.05, 0) is 81.9 Å². The highest BCUT2D eigenvalue weighted by atomic mass is 32.1. The zero-order chi connectivity index (χ0) is 38.2. The topological polar surface area (TPSA) is 16.4 Å². The van der Waals surface area contributed by atoms with Gasteiger partial charge in [-0.1, -0.05) is 146 Å². The maximum Gasteiger partial charge on any atom is 0.137 e. The van der Waals surface area contributed by atoms with Crippen molar-refractivity contribution in [2.45, 2.75) is 0 Å². The van der Waals surface area contributed by atoms with Crippen molar-refractivity contribution in [3.05, 3.63) is 200 Å². The maximum atomic E-state index is 6.60. The molecule has 0 atom stereocenters.